The summed E-state index contributed by atoms with van der Waals surface area (Å²) in [4.78, 5) is 9.79. The van der Waals surface area contributed by atoms with Crippen molar-refractivity contribution in [2.45, 2.75) is 6.04 Å². The lowest BCUT2D eigenvalue weighted by Gasteiger charge is -2.12. The van der Waals surface area contributed by atoms with Gasteiger partial charge in [-0.15, -0.1) is 0 Å². The second kappa shape index (κ2) is 4.84. The number of nitrogens with zero attached hydrogens (tertiary/aromatic N) is 1. The normalized spacial score (nSPS) is 12.5. The van der Waals surface area contributed by atoms with Crippen LogP contribution in [0.5, 0.6) is 5.75 Å². The number of hydrogen-bond acceptors (Lipinski definition) is 5. The number of hydrogen-bond donors (Lipinski definition) is 3. The molecule has 0 aliphatic heterocycles. The van der Waals surface area contributed by atoms with Crippen LogP contribution in [0.2, 0.25) is 10.0 Å². The summed E-state index contributed by atoms with van der Waals surface area (Å²) < 4.78 is 0. The van der Waals surface area contributed by atoms with Gasteiger partial charge >= 0.3 is 5.69 Å². The van der Waals surface area contributed by atoms with Gasteiger partial charge in [0.05, 0.1) is 22.6 Å². The molecule has 0 unspecified atom stereocenters. The Hall–Kier alpha value is -1.08. The summed E-state index contributed by atoms with van der Waals surface area (Å²) in [5, 5.41) is 28.6. The molecule has 0 spiro atoms. The molecule has 1 aromatic rings. The molecule has 0 amide bonds. The number of rotatable bonds is 3. The van der Waals surface area contributed by atoms with E-state index in [-0.39, 0.29) is 15.6 Å². The highest BCUT2D eigenvalue weighted by Crippen LogP contribution is 2.43. The predicted octanol–water partition coefficient (Wildman–Crippen LogP) is 1.60. The van der Waals surface area contributed by atoms with E-state index in [0.29, 0.717) is 0 Å². The molecule has 1 aromatic carbocycles. The van der Waals surface area contributed by atoms with E-state index in [1.54, 1.807) is 0 Å². The van der Waals surface area contributed by atoms with Gasteiger partial charge in [0.25, 0.3) is 0 Å². The first-order valence-electron chi connectivity index (χ1n) is 4.11. The van der Waals surface area contributed by atoms with E-state index in [0.717, 1.165) is 0 Å². The molecule has 1 rings (SSSR count). The van der Waals surface area contributed by atoms with Gasteiger partial charge in [0.15, 0.2) is 0 Å². The zero-order chi connectivity index (χ0) is 12.5. The molecule has 0 saturated heterocycles. The second-order valence-corrected chi connectivity index (χ2v) is 3.79. The van der Waals surface area contributed by atoms with E-state index in [4.69, 9.17) is 34.0 Å². The molecule has 0 aliphatic rings. The Labute approximate surface area is 100 Å². The van der Waals surface area contributed by atoms with Crippen LogP contribution in [-0.2, 0) is 0 Å². The van der Waals surface area contributed by atoms with Crippen LogP contribution in [0.3, 0.4) is 0 Å². The second-order valence-electron chi connectivity index (χ2n) is 3.00. The Bertz CT molecular complexity index is 439. The Morgan fingerprint density at radius 1 is 1.56 bits per heavy atom. The Morgan fingerprint density at radius 2 is 2.12 bits per heavy atom. The van der Waals surface area contributed by atoms with E-state index in [1.165, 1.54) is 6.07 Å². The van der Waals surface area contributed by atoms with E-state index < -0.39 is 29.0 Å². The molecule has 0 aliphatic carbocycles. The smallest absolute Gasteiger partial charge is 0.330 e. The fourth-order valence-electron chi connectivity index (χ4n) is 1.17. The van der Waals surface area contributed by atoms with Crippen LogP contribution >= 0.6 is 23.2 Å². The van der Waals surface area contributed by atoms with Gasteiger partial charge in [-0.2, -0.15) is 0 Å². The molecule has 4 N–H and O–H groups in total. The fraction of sp³-hybridized carbons (Fsp3) is 0.250. The minimum absolute atomic E-state index is 0.0244. The van der Waals surface area contributed by atoms with Crippen molar-refractivity contribution in [3.63, 3.8) is 0 Å². The lowest BCUT2D eigenvalue weighted by molar-refractivity contribution is -0.385. The summed E-state index contributed by atoms with van der Waals surface area (Å²) in [7, 11) is 0. The molecule has 0 fully saturated rings. The van der Waals surface area contributed by atoms with E-state index in [1.807, 2.05) is 0 Å². The summed E-state index contributed by atoms with van der Waals surface area (Å²) in [6.07, 6.45) is 0. The summed E-state index contributed by atoms with van der Waals surface area (Å²) in [5.41, 5.74) is 4.71. The number of nitro groups is 1. The molecule has 6 nitrogen and oxygen atoms in total. The van der Waals surface area contributed by atoms with Crippen LogP contribution in [0.25, 0.3) is 0 Å². The van der Waals surface area contributed by atoms with E-state index in [2.05, 4.69) is 0 Å². The third-order valence-corrected chi connectivity index (χ3v) is 2.75. The van der Waals surface area contributed by atoms with Crippen molar-refractivity contribution in [1.82, 2.24) is 0 Å². The van der Waals surface area contributed by atoms with Crippen molar-refractivity contribution in [1.29, 1.82) is 0 Å². The first kappa shape index (κ1) is 13.0. The molecular weight excluding hydrogens is 259 g/mol. The number of aliphatic hydroxyl groups is 1. The van der Waals surface area contributed by atoms with Crippen LogP contribution in [0.15, 0.2) is 6.07 Å². The van der Waals surface area contributed by atoms with Crippen LogP contribution in [0, 0.1) is 10.1 Å². The molecule has 16 heavy (non-hydrogen) atoms. The quantitative estimate of drug-likeness (QED) is 0.569. The molecule has 8 heteroatoms. The molecule has 0 heterocycles. The lowest BCUT2D eigenvalue weighted by Crippen LogP contribution is -2.15. The maximum atomic E-state index is 10.7. The molecule has 0 saturated carbocycles. The highest BCUT2D eigenvalue weighted by molar-refractivity contribution is 6.43. The highest BCUT2D eigenvalue weighted by atomic mass is 35.5. The SMILES string of the molecule is N[C@@H](CO)c1cc(Cl)c(Cl)c([N+](=O)[O-])c1O. The van der Waals surface area contributed by atoms with Gasteiger partial charge in [-0.05, 0) is 6.07 Å². The zero-order valence-electron chi connectivity index (χ0n) is 7.85. The van der Waals surface area contributed by atoms with Gasteiger partial charge in [-0.1, -0.05) is 23.2 Å². The zero-order valence-corrected chi connectivity index (χ0v) is 9.37. The Kier molecular flexibility index (Phi) is 3.93. The maximum Gasteiger partial charge on any atom is 0.330 e. The molecule has 0 bridgehead atoms. The minimum atomic E-state index is -0.964. The topological polar surface area (TPSA) is 110 Å². The van der Waals surface area contributed by atoms with Crippen LogP contribution < -0.4 is 5.73 Å². The van der Waals surface area contributed by atoms with Gasteiger partial charge in [0.1, 0.15) is 5.02 Å². The largest absolute Gasteiger partial charge is 0.502 e. The first-order chi connectivity index (χ1) is 7.40. The van der Waals surface area contributed by atoms with Crippen molar-refractivity contribution < 1.29 is 15.1 Å². The number of phenols is 1. The number of phenolic OH excluding ortho intramolecular Hbond substituents is 1. The van der Waals surface area contributed by atoms with Gasteiger partial charge in [-0.3, -0.25) is 10.1 Å². The van der Waals surface area contributed by atoms with Gasteiger partial charge in [0, 0.05) is 5.56 Å². The summed E-state index contributed by atoms with van der Waals surface area (Å²) >= 11 is 11.2. The average Bonchev–Trinajstić information content (AvgIpc) is 2.22. The van der Waals surface area contributed by atoms with Crippen LogP contribution in [-0.4, -0.2) is 21.7 Å². The number of aliphatic hydroxyl groups excluding tert-OH is 1. The average molecular weight is 267 g/mol. The van der Waals surface area contributed by atoms with Crippen molar-refractivity contribution in [3.8, 4) is 5.75 Å². The number of nitrogens with two attached hydrogens (primary N) is 1. The van der Waals surface area contributed by atoms with Gasteiger partial charge < -0.3 is 15.9 Å². The van der Waals surface area contributed by atoms with Crippen molar-refractivity contribution in [2.24, 2.45) is 5.73 Å². The monoisotopic (exact) mass is 266 g/mol. The molecule has 88 valence electrons. The van der Waals surface area contributed by atoms with E-state index >= 15 is 0 Å². The van der Waals surface area contributed by atoms with Crippen LogP contribution in [0.4, 0.5) is 5.69 Å². The summed E-state index contributed by atoms with van der Waals surface area (Å²) in [6, 6.07) is 0.223. The minimum Gasteiger partial charge on any atom is -0.502 e. The lowest BCUT2D eigenvalue weighted by atomic mass is 10.1. The number of halogens is 2. The van der Waals surface area contributed by atoms with Gasteiger partial charge in [0.2, 0.25) is 5.75 Å². The van der Waals surface area contributed by atoms with Crippen molar-refractivity contribution in [2.75, 3.05) is 6.61 Å². The van der Waals surface area contributed by atoms with Gasteiger partial charge in [-0.25, -0.2) is 0 Å². The molecule has 1 atom stereocenters. The third-order valence-electron chi connectivity index (χ3n) is 1.98. The Morgan fingerprint density at radius 3 is 2.56 bits per heavy atom. The fourth-order valence-corrected chi connectivity index (χ4v) is 1.59. The molecular formula is C8H8Cl2N2O4. The third kappa shape index (κ3) is 2.19. The summed E-state index contributed by atoms with van der Waals surface area (Å²) in [6.45, 7) is -0.483. The van der Waals surface area contributed by atoms with Crippen molar-refractivity contribution in [3.05, 3.63) is 31.8 Å². The molecule has 0 aromatic heterocycles. The Balaban J connectivity index is 3.50. The number of aromatic hydroxyl groups is 1. The van der Waals surface area contributed by atoms with Crippen LogP contribution in [0.1, 0.15) is 11.6 Å². The van der Waals surface area contributed by atoms with E-state index in [9.17, 15) is 15.2 Å². The molecule has 0 radical (unpaired) electrons. The highest BCUT2D eigenvalue weighted by Gasteiger charge is 2.27. The number of nitro benzene ring substituents is 1. The summed E-state index contributed by atoms with van der Waals surface area (Å²) in [5.74, 6) is -0.680. The van der Waals surface area contributed by atoms with Crippen molar-refractivity contribution >= 4 is 28.9 Å². The first-order valence-corrected chi connectivity index (χ1v) is 4.87. The maximum absolute atomic E-state index is 10.7. The standard InChI is InChI=1S/C8H8Cl2N2O4/c9-4-1-3(5(11)2-13)8(14)7(6(4)10)12(15)16/h1,5,13-14H,2,11H2/t5-/m0/s1. The number of benzene rings is 1. The predicted molar refractivity (Wildman–Crippen MR) is 58.8 cm³/mol.